The summed E-state index contributed by atoms with van der Waals surface area (Å²) < 4.78 is 27.6. The van der Waals surface area contributed by atoms with Crippen molar-refractivity contribution in [3.63, 3.8) is 0 Å². The van der Waals surface area contributed by atoms with E-state index in [2.05, 4.69) is 10.0 Å². The van der Waals surface area contributed by atoms with E-state index >= 15 is 0 Å². The van der Waals surface area contributed by atoms with Crippen LogP contribution in [0.4, 0.5) is 5.69 Å². The number of benzene rings is 2. The predicted molar refractivity (Wildman–Crippen MR) is 109 cm³/mol. The molecule has 0 saturated heterocycles. The minimum atomic E-state index is -3.84. The highest BCUT2D eigenvalue weighted by molar-refractivity contribution is 7.92. The Labute approximate surface area is 169 Å². The van der Waals surface area contributed by atoms with E-state index in [1.807, 2.05) is 0 Å². The zero-order chi connectivity index (χ0) is 18.7. The van der Waals surface area contributed by atoms with Gasteiger partial charge in [-0.15, -0.1) is 12.4 Å². The van der Waals surface area contributed by atoms with Crippen LogP contribution in [0.3, 0.4) is 0 Å². The summed E-state index contributed by atoms with van der Waals surface area (Å²) in [4.78, 5) is 12.4. The Morgan fingerprint density at radius 2 is 1.89 bits per heavy atom. The van der Waals surface area contributed by atoms with Crippen LogP contribution in [0.15, 0.2) is 53.4 Å². The lowest BCUT2D eigenvalue weighted by molar-refractivity contribution is 0.0933. The number of nitrogens with one attached hydrogen (secondary N) is 2. The first-order valence-corrected chi connectivity index (χ1v) is 10.1. The Bertz CT molecular complexity index is 918. The van der Waals surface area contributed by atoms with Gasteiger partial charge >= 0.3 is 0 Å². The van der Waals surface area contributed by atoms with Gasteiger partial charge in [0.2, 0.25) is 0 Å². The molecule has 1 atom stereocenters. The highest BCUT2D eigenvalue weighted by Crippen LogP contribution is 2.32. The fourth-order valence-corrected chi connectivity index (χ4v) is 3.98. The number of amides is 1. The lowest BCUT2D eigenvalue weighted by atomic mass is 10.1. The van der Waals surface area contributed by atoms with Crippen molar-refractivity contribution in [2.24, 2.45) is 11.7 Å². The summed E-state index contributed by atoms with van der Waals surface area (Å²) in [5, 5.41) is 3.31. The lowest BCUT2D eigenvalue weighted by Crippen LogP contribution is -2.41. The number of halogens is 2. The average molecular weight is 430 g/mol. The second-order valence-electron chi connectivity index (χ2n) is 6.30. The molecule has 4 N–H and O–H groups in total. The number of rotatable bonds is 7. The van der Waals surface area contributed by atoms with Crippen LogP contribution in [0.25, 0.3) is 0 Å². The van der Waals surface area contributed by atoms with E-state index in [9.17, 15) is 13.2 Å². The van der Waals surface area contributed by atoms with Gasteiger partial charge in [-0.05, 0) is 55.2 Å². The molecule has 3 rings (SSSR count). The molecule has 0 aromatic heterocycles. The first-order chi connectivity index (χ1) is 12.4. The SMILES string of the molecule is Cl.NCC(NC(=O)c1cccc(S(=O)(=O)Nc2cccc(Cl)c2)c1)C1CC1. The molecule has 1 fully saturated rings. The number of carbonyl (C=O) groups excluding carboxylic acids is 1. The van der Waals surface area contributed by atoms with Crippen LogP contribution in [0.2, 0.25) is 5.02 Å². The quantitative estimate of drug-likeness (QED) is 0.629. The lowest BCUT2D eigenvalue weighted by Gasteiger charge is -2.16. The third-order valence-electron chi connectivity index (χ3n) is 4.24. The van der Waals surface area contributed by atoms with E-state index in [1.165, 1.54) is 24.3 Å². The highest BCUT2D eigenvalue weighted by atomic mass is 35.5. The van der Waals surface area contributed by atoms with Crippen molar-refractivity contribution in [1.29, 1.82) is 0 Å². The van der Waals surface area contributed by atoms with Crippen molar-refractivity contribution in [2.45, 2.75) is 23.8 Å². The van der Waals surface area contributed by atoms with E-state index < -0.39 is 10.0 Å². The molecule has 0 spiro atoms. The van der Waals surface area contributed by atoms with Crippen molar-refractivity contribution in [2.75, 3.05) is 11.3 Å². The molecule has 1 unspecified atom stereocenters. The van der Waals surface area contributed by atoms with Gasteiger partial charge in [0.1, 0.15) is 0 Å². The summed E-state index contributed by atoms with van der Waals surface area (Å²) >= 11 is 5.88. The smallest absolute Gasteiger partial charge is 0.261 e. The molecule has 1 aliphatic carbocycles. The molecule has 27 heavy (non-hydrogen) atoms. The first kappa shape index (κ1) is 21.5. The topological polar surface area (TPSA) is 101 Å². The molecule has 9 heteroatoms. The molecular formula is C18H21Cl2N3O3S. The third kappa shape index (κ3) is 5.59. The average Bonchev–Trinajstić information content (AvgIpc) is 3.44. The summed E-state index contributed by atoms with van der Waals surface area (Å²) in [6.07, 6.45) is 2.11. The Morgan fingerprint density at radius 3 is 2.52 bits per heavy atom. The fourth-order valence-electron chi connectivity index (χ4n) is 2.69. The Hall–Kier alpha value is -1.80. The summed E-state index contributed by atoms with van der Waals surface area (Å²) in [6.45, 7) is 0.366. The molecule has 1 amide bonds. The minimum absolute atomic E-state index is 0. The number of hydrogen-bond acceptors (Lipinski definition) is 4. The monoisotopic (exact) mass is 429 g/mol. The standard InChI is InChI=1S/C18H20ClN3O3S.ClH/c19-14-4-2-5-15(10-14)22-26(24,25)16-6-1-3-13(9-16)18(23)21-17(11-20)12-7-8-12;/h1-6,9-10,12,17,22H,7-8,11,20H2,(H,21,23);1H. The molecule has 2 aromatic rings. The molecular weight excluding hydrogens is 409 g/mol. The summed E-state index contributed by atoms with van der Waals surface area (Å²) in [5.74, 6) is 0.0903. The Morgan fingerprint density at radius 1 is 1.19 bits per heavy atom. The van der Waals surface area contributed by atoms with E-state index in [0.29, 0.717) is 23.2 Å². The van der Waals surface area contributed by atoms with Crippen LogP contribution < -0.4 is 15.8 Å². The minimum Gasteiger partial charge on any atom is -0.348 e. The first-order valence-electron chi connectivity index (χ1n) is 8.28. The van der Waals surface area contributed by atoms with Crippen LogP contribution in [0.1, 0.15) is 23.2 Å². The molecule has 0 bridgehead atoms. The van der Waals surface area contributed by atoms with E-state index in [1.54, 1.807) is 24.3 Å². The Balaban J connectivity index is 0.00000261. The van der Waals surface area contributed by atoms with E-state index in [0.717, 1.165) is 12.8 Å². The normalized spacial score (nSPS) is 14.7. The maximum atomic E-state index is 12.6. The number of anilines is 1. The number of carbonyl (C=O) groups is 1. The molecule has 0 heterocycles. The molecule has 6 nitrogen and oxygen atoms in total. The second-order valence-corrected chi connectivity index (χ2v) is 8.42. The predicted octanol–water partition coefficient (Wildman–Crippen LogP) is 3.03. The maximum Gasteiger partial charge on any atom is 0.261 e. The van der Waals surface area contributed by atoms with Crippen molar-refractivity contribution in [3.8, 4) is 0 Å². The van der Waals surface area contributed by atoms with Crippen LogP contribution in [-0.4, -0.2) is 26.9 Å². The van der Waals surface area contributed by atoms with Gasteiger partial charge in [-0.1, -0.05) is 23.7 Å². The molecule has 1 aliphatic rings. The molecule has 2 aromatic carbocycles. The molecule has 0 radical (unpaired) electrons. The van der Waals surface area contributed by atoms with Gasteiger partial charge in [0, 0.05) is 23.2 Å². The second kappa shape index (κ2) is 8.93. The van der Waals surface area contributed by atoms with Crippen molar-refractivity contribution in [3.05, 3.63) is 59.1 Å². The van der Waals surface area contributed by atoms with Crippen LogP contribution in [0, 0.1) is 5.92 Å². The zero-order valence-corrected chi connectivity index (χ0v) is 16.8. The number of sulfonamides is 1. The largest absolute Gasteiger partial charge is 0.348 e. The molecule has 0 aliphatic heterocycles. The Kier molecular flexibility index (Phi) is 7.11. The van der Waals surface area contributed by atoms with Gasteiger partial charge in [0.05, 0.1) is 10.6 Å². The van der Waals surface area contributed by atoms with Gasteiger partial charge in [-0.3, -0.25) is 9.52 Å². The number of nitrogens with two attached hydrogens (primary N) is 1. The summed E-state index contributed by atoms with van der Waals surface area (Å²) in [7, 11) is -3.84. The van der Waals surface area contributed by atoms with Crippen molar-refractivity contribution < 1.29 is 13.2 Å². The summed E-state index contributed by atoms with van der Waals surface area (Å²) in [5.41, 5.74) is 6.33. The third-order valence-corrected chi connectivity index (χ3v) is 5.86. The van der Waals surface area contributed by atoms with Crippen molar-refractivity contribution >= 4 is 45.6 Å². The zero-order valence-electron chi connectivity index (χ0n) is 14.4. The van der Waals surface area contributed by atoms with Gasteiger partial charge in [-0.25, -0.2) is 8.42 Å². The fraction of sp³-hybridized carbons (Fsp3) is 0.278. The van der Waals surface area contributed by atoms with Crippen LogP contribution in [-0.2, 0) is 10.0 Å². The number of hydrogen-bond donors (Lipinski definition) is 3. The van der Waals surface area contributed by atoms with Crippen LogP contribution in [0.5, 0.6) is 0 Å². The van der Waals surface area contributed by atoms with Crippen molar-refractivity contribution in [1.82, 2.24) is 5.32 Å². The van der Waals surface area contributed by atoms with E-state index in [-0.39, 0.29) is 34.8 Å². The van der Waals surface area contributed by atoms with Gasteiger partial charge in [0.25, 0.3) is 15.9 Å². The molecule has 146 valence electrons. The highest BCUT2D eigenvalue weighted by Gasteiger charge is 2.31. The van der Waals surface area contributed by atoms with Gasteiger partial charge < -0.3 is 11.1 Å². The molecule has 1 saturated carbocycles. The maximum absolute atomic E-state index is 12.6. The van der Waals surface area contributed by atoms with E-state index in [4.69, 9.17) is 17.3 Å². The summed E-state index contributed by atoms with van der Waals surface area (Å²) in [6, 6.07) is 12.2. The van der Waals surface area contributed by atoms with Crippen LogP contribution >= 0.6 is 24.0 Å². The van der Waals surface area contributed by atoms with Gasteiger partial charge in [0.15, 0.2) is 0 Å². The van der Waals surface area contributed by atoms with Gasteiger partial charge in [-0.2, -0.15) is 0 Å².